The van der Waals surface area contributed by atoms with Gasteiger partial charge in [0.1, 0.15) is 17.4 Å². The number of amides is 1. The van der Waals surface area contributed by atoms with Gasteiger partial charge in [-0.25, -0.2) is 9.97 Å². The van der Waals surface area contributed by atoms with Crippen molar-refractivity contribution in [2.24, 2.45) is 0 Å². The Bertz CT molecular complexity index is 862. The Balaban J connectivity index is 1.53. The SMILES string of the molecule is COc1ccccc1C(C)NC(=O)CN1CCN(c2cc(C)nc(C(C)C)n2)CC1. The van der Waals surface area contributed by atoms with Gasteiger partial charge < -0.3 is 15.0 Å². The maximum absolute atomic E-state index is 12.6. The monoisotopic (exact) mass is 411 g/mol. The molecule has 0 saturated carbocycles. The minimum absolute atomic E-state index is 0.0295. The van der Waals surface area contributed by atoms with E-state index in [1.807, 2.05) is 44.2 Å². The molecule has 0 bridgehead atoms. The second-order valence-corrected chi connectivity index (χ2v) is 8.17. The molecule has 2 heterocycles. The molecule has 2 aromatic rings. The van der Waals surface area contributed by atoms with Gasteiger partial charge in [-0.15, -0.1) is 0 Å². The maximum Gasteiger partial charge on any atom is 0.234 e. The van der Waals surface area contributed by atoms with Crippen LogP contribution in [0.25, 0.3) is 0 Å². The number of anilines is 1. The predicted octanol–water partition coefficient (Wildman–Crippen LogP) is 2.92. The van der Waals surface area contributed by atoms with E-state index in [0.29, 0.717) is 12.5 Å². The summed E-state index contributed by atoms with van der Waals surface area (Å²) in [6.07, 6.45) is 0. The molecule has 0 spiro atoms. The smallest absolute Gasteiger partial charge is 0.234 e. The predicted molar refractivity (Wildman–Crippen MR) is 119 cm³/mol. The van der Waals surface area contributed by atoms with Crippen molar-refractivity contribution in [3.63, 3.8) is 0 Å². The number of nitrogens with one attached hydrogen (secondary N) is 1. The Labute approximate surface area is 179 Å². The molecule has 1 fully saturated rings. The zero-order valence-corrected chi connectivity index (χ0v) is 18.7. The van der Waals surface area contributed by atoms with Gasteiger partial charge in [0.25, 0.3) is 0 Å². The summed E-state index contributed by atoms with van der Waals surface area (Å²) in [7, 11) is 1.65. The van der Waals surface area contributed by atoms with Crippen molar-refractivity contribution in [2.45, 2.75) is 39.7 Å². The molecule has 1 aliphatic heterocycles. The van der Waals surface area contributed by atoms with E-state index in [1.54, 1.807) is 7.11 Å². The van der Waals surface area contributed by atoms with E-state index >= 15 is 0 Å². The first-order valence-corrected chi connectivity index (χ1v) is 10.6. The number of piperazine rings is 1. The minimum atomic E-state index is -0.103. The number of methoxy groups -OCH3 is 1. The first-order valence-electron chi connectivity index (χ1n) is 10.6. The van der Waals surface area contributed by atoms with E-state index in [9.17, 15) is 4.79 Å². The highest BCUT2D eigenvalue weighted by atomic mass is 16.5. The summed E-state index contributed by atoms with van der Waals surface area (Å²) in [5.41, 5.74) is 1.98. The molecular formula is C23H33N5O2. The third-order valence-corrected chi connectivity index (χ3v) is 5.42. The molecule has 1 aliphatic rings. The highest BCUT2D eigenvalue weighted by Crippen LogP contribution is 2.24. The van der Waals surface area contributed by atoms with E-state index < -0.39 is 0 Å². The van der Waals surface area contributed by atoms with Gasteiger partial charge in [0.05, 0.1) is 19.7 Å². The fourth-order valence-corrected chi connectivity index (χ4v) is 3.72. The fraction of sp³-hybridized carbons (Fsp3) is 0.522. The average Bonchev–Trinajstić information content (AvgIpc) is 2.73. The molecule has 1 amide bonds. The van der Waals surface area contributed by atoms with Crippen LogP contribution in [-0.2, 0) is 4.79 Å². The van der Waals surface area contributed by atoms with Gasteiger partial charge in [0.15, 0.2) is 0 Å². The maximum atomic E-state index is 12.6. The number of rotatable bonds is 7. The quantitative estimate of drug-likeness (QED) is 0.755. The lowest BCUT2D eigenvalue weighted by molar-refractivity contribution is -0.123. The number of hydrogen-bond donors (Lipinski definition) is 1. The fourth-order valence-electron chi connectivity index (χ4n) is 3.72. The summed E-state index contributed by atoms with van der Waals surface area (Å²) in [4.78, 5) is 26.3. The van der Waals surface area contributed by atoms with Crippen LogP contribution < -0.4 is 15.0 Å². The molecule has 1 aromatic carbocycles. The Morgan fingerprint density at radius 2 is 1.83 bits per heavy atom. The molecule has 3 rings (SSSR count). The Hall–Kier alpha value is -2.67. The molecule has 7 nitrogen and oxygen atoms in total. The van der Waals surface area contributed by atoms with Crippen LogP contribution in [0.2, 0.25) is 0 Å². The van der Waals surface area contributed by atoms with Crippen molar-refractivity contribution in [2.75, 3.05) is 44.7 Å². The van der Waals surface area contributed by atoms with Crippen LogP contribution in [-0.4, -0.2) is 60.6 Å². The number of hydrogen-bond acceptors (Lipinski definition) is 6. The van der Waals surface area contributed by atoms with E-state index in [-0.39, 0.29) is 11.9 Å². The van der Waals surface area contributed by atoms with E-state index in [0.717, 1.165) is 54.8 Å². The molecule has 1 atom stereocenters. The Kier molecular flexibility index (Phi) is 7.26. The largest absolute Gasteiger partial charge is 0.496 e. The number of nitrogens with zero attached hydrogens (tertiary/aromatic N) is 4. The lowest BCUT2D eigenvalue weighted by atomic mass is 10.1. The summed E-state index contributed by atoms with van der Waals surface area (Å²) >= 11 is 0. The van der Waals surface area contributed by atoms with Gasteiger partial charge in [-0.2, -0.15) is 0 Å². The van der Waals surface area contributed by atoms with Crippen molar-refractivity contribution in [3.05, 3.63) is 47.4 Å². The third-order valence-electron chi connectivity index (χ3n) is 5.42. The van der Waals surface area contributed by atoms with Crippen LogP contribution in [0.15, 0.2) is 30.3 Å². The second kappa shape index (κ2) is 9.89. The lowest BCUT2D eigenvalue weighted by Gasteiger charge is -2.35. The van der Waals surface area contributed by atoms with Gasteiger partial charge in [-0.1, -0.05) is 32.0 Å². The number of ether oxygens (including phenoxy) is 1. The summed E-state index contributed by atoms with van der Waals surface area (Å²) in [6, 6.07) is 9.73. The standard InChI is InChI=1S/C23H33N5O2/c1-16(2)23-24-17(3)14-21(26-23)28-12-10-27(11-13-28)15-22(29)25-18(4)19-8-6-7-9-20(19)30-5/h6-9,14,16,18H,10-13,15H2,1-5H3,(H,25,29). The number of benzene rings is 1. The number of carbonyl (C=O) groups is 1. The van der Waals surface area contributed by atoms with Crippen molar-refractivity contribution >= 4 is 11.7 Å². The topological polar surface area (TPSA) is 70.6 Å². The molecule has 7 heteroatoms. The number of aryl methyl sites for hydroxylation is 1. The summed E-state index contributed by atoms with van der Waals surface area (Å²) in [5, 5.41) is 3.09. The lowest BCUT2D eigenvalue weighted by Crippen LogP contribution is -2.50. The van der Waals surface area contributed by atoms with Crippen molar-refractivity contribution < 1.29 is 9.53 Å². The molecule has 1 N–H and O–H groups in total. The first-order chi connectivity index (χ1) is 14.4. The zero-order valence-electron chi connectivity index (χ0n) is 18.7. The van der Waals surface area contributed by atoms with E-state index in [4.69, 9.17) is 9.72 Å². The van der Waals surface area contributed by atoms with E-state index in [1.165, 1.54) is 0 Å². The minimum Gasteiger partial charge on any atom is -0.496 e. The van der Waals surface area contributed by atoms with Crippen LogP contribution in [0.5, 0.6) is 5.75 Å². The molecule has 1 unspecified atom stereocenters. The summed E-state index contributed by atoms with van der Waals surface area (Å²) < 4.78 is 5.41. The number of carbonyl (C=O) groups excluding carboxylic acids is 1. The molecule has 1 aromatic heterocycles. The van der Waals surface area contributed by atoms with Gasteiger partial charge in [-0.05, 0) is 19.9 Å². The van der Waals surface area contributed by atoms with Crippen LogP contribution in [0, 0.1) is 6.92 Å². The van der Waals surface area contributed by atoms with Crippen molar-refractivity contribution in [1.29, 1.82) is 0 Å². The van der Waals surface area contributed by atoms with Crippen LogP contribution in [0.1, 0.15) is 49.8 Å². The third kappa shape index (κ3) is 5.48. The van der Waals surface area contributed by atoms with Gasteiger partial charge in [0, 0.05) is 49.4 Å². The Morgan fingerprint density at radius 1 is 1.13 bits per heavy atom. The highest BCUT2D eigenvalue weighted by Gasteiger charge is 2.22. The van der Waals surface area contributed by atoms with Crippen molar-refractivity contribution in [1.82, 2.24) is 20.2 Å². The summed E-state index contributed by atoms with van der Waals surface area (Å²) in [6.45, 7) is 12.0. The normalized spacial score (nSPS) is 15.9. The molecule has 162 valence electrons. The molecule has 1 saturated heterocycles. The summed E-state index contributed by atoms with van der Waals surface area (Å²) in [5.74, 6) is 3.00. The Morgan fingerprint density at radius 3 is 2.50 bits per heavy atom. The molecule has 0 radical (unpaired) electrons. The molecular weight excluding hydrogens is 378 g/mol. The number of para-hydroxylation sites is 1. The van der Waals surface area contributed by atoms with Crippen LogP contribution in [0.3, 0.4) is 0 Å². The molecule has 0 aliphatic carbocycles. The van der Waals surface area contributed by atoms with Crippen LogP contribution >= 0.6 is 0 Å². The molecule has 30 heavy (non-hydrogen) atoms. The number of aromatic nitrogens is 2. The van der Waals surface area contributed by atoms with Gasteiger partial charge >= 0.3 is 0 Å². The zero-order chi connectivity index (χ0) is 21.7. The highest BCUT2D eigenvalue weighted by molar-refractivity contribution is 5.78. The van der Waals surface area contributed by atoms with E-state index in [2.05, 4.69) is 33.9 Å². The van der Waals surface area contributed by atoms with Crippen LogP contribution in [0.4, 0.5) is 5.82 Å². The second-order valence-electron chi connectivity index (χ2n) is 8.17. The van der Waals surface area contributed by atoms with Crippen molar-refractivity contribution in [3.8, 4) is 5.75 Å². The van der Waals surface area contributed by atoms with Gasteiger partial charge in [0.2, 0.25) is 5.91 Å². The van der Waals surface area contributed by atoms with Gasteiger partial charge in [-0.3, -0.25) is 9.69 Å². The average molecular weight is 412 g/mol. The first kappa shape index (κ1) is 22.0.